The van der Waals surface area contributed by atoms with Gasteiger partial charge in [0.2, 0.25) is 0 Å². The van der Waals surface area contributed by atoms with Crippen molar-refractivity contribution < 1.29 is 9.90 Å². The zero-order chi connectivity index (χ0) is 13.1. The number of carbonyl (C=O) groups is 1. The number of halogens is 2. The molecule has 0 amide bonds. The summed E-state index contributed by atoms with van der Waals surface area (Å²) in [4.78, 5) is 13.2. The summed E-state index contributed by atoms with van der Waals surface area (Å²) in [5, 5.41) is 10.1. The van der Waals surface area contributed by atoms with Gasteiger partial charge in [-0.05, 0) is 49.7 Å². The lowest BCUT2D eigenvalue weighted by Gasteiger charge is -2.26. The molecule has 0 bridgehead atoms. The van der Waals surface area contributed by atoms with Crippen LogP contribution in [0.25, 0.3) is 0 Å². The number of hydrogen-bond acceptors (Lipinski definition) is 2. The zero-order valence-electron chi connectivity index (χ0n) is 9.90. The van der Waals surface area contributed by atoms with Crippen molar-refractivity contribution in [3.63, 3.8) is 0 Å². The normalized spacial score (nSPS) is 17.9. The first kappa shape index (κ1) is 13.7. The van der Waals surface area contributed by atoms with E-state index in [1.807, 2.05) is 0 Å². The van der Waals surface area contributed by atoms with Crippen LogP contribution in [0.5, 0.6) is 0 Å². The highest BCUT2D eigenvalue weighted by Gasteiger charge is 2.26. The molecular weight excluding hydrogens is 273 g/mol. The Balaban J connectivity index is 2.28. The minimum Gasteiger partial charge on any atom is -0.481 e. The van der Waals surface area contributed by atoms with Gasteiger partial charge in [0.25, 0.3) is 0 Å². The molecule has 1 unspecified atom stereocenters. The number of hydrogen-bond donors (Lipinski definition) is 1. The lowest BCUT2D eigenvalue weighted by atomic mass is 10.0. The van der Waals surface area contributed by atoms with Crippen LogP contribution in [0.1, 0.15) is 30.9 Å². The molecule has 2 rings (SSSR count). The summed E-state index contributed by atoms with van der Waals surface area (Å²) in [6.45, 7) is 1.87. The van der Waals surface area contributed by atoms with Gasteiger partial charge in [-0.1, -0.05) is 23.2 Å². The summed E-state index contributed by atoms with van der Waals surface area (Å²) in [5.74, 6) is -0.803. The minimum atomic E-state index is -0.803. The van der Waals surface area contributed by atoms with E-state index >= 15 is 0 Å². The molecule has 0 aliphatic carbocycles. The molecule has 18 heavy (non-hydrogen) atoms. The van der Waals surface area contributed by atoms with Crippen molar-refractivity contribution in [1.29, 1.82) is 0 Å². The molecule has 0 radical (unpaired) electrons. The van der Waals surface area contributed by atoms with Gasteiger partial charge in [-0.3, -0.25) is 9.69 Å². The number of aliphatic carboxylic acids is 1. The fraction of sp³-hybridized carbons (Fsp3) is 0.462. The van der Waals surface area contributed by atoms with E-state index in [0.29, 0.717) is 10.0 Å². The summed E-state index contributed by atoms with van der Waals surface area (Å²) < 4.78 is 0. The predicted octanol–water partition coefficient (Wildman–Crippen LogP) is 3.61. The van der Waals surface area contributed by atoms with Crippen molar-refractivity contribution in [2.45, 2.75) is 25.3 Å². The first-order valence-corrected chi connectivity index (χ1v) is 6.73. The number of benzene rings is 1. The quantitative estimate of drug-likeness (QED) is 0.920. The average molecular weight is 288 g/mol. The van der Waals surface area contributed by atoms with Crippen LogP contribution in [-0.4, -0.2) is 29.1 Å². The van der Waals surface area contributed by atoms with Crippen LogP contribution >= 0.6 is 23.2 Å². The zero-order valence-corrected chi connectivity index (χ0v) is 11.4. The van der Waals surface area contributed by atoms with Gasteiger partial charge in [-0.25, -0.2) is 0 Å². The van der Waals surface area contributed by atoms with E-state index in [2.05, 4.69) is 4.90 Å². The standard InChI is InChI=1S/C13H15Cl2NO2/c14-10-5-9(6-11(15)7-10)12(8-13(17)18)16-3-1-2-4-16/h5-7,12H,1-4,8H2,(H,17,18). The molecule has 5 heteroatoms. The SMILES string of the molecule is O=C(O)CC(c1cc(Cl)cc(Cl)c1)N1CCCC1. The van der Waals surface area contributed by atoms with Crippen molar-refractivity contribution in [1.82, 2.24) is 4.90 Å². The topological polar surface area (TPSA) is 40.5 Å². The average Bonchev–Trinajstić information content (AvgIpc) is 2.77. The molecule has 1 atom stereocenters. The van der Waals surface area contributed by atoms with Crippen LogP contribution in [-0.2, 0) is 4.79 Å². The molecule has 1 aliphatic rings. The number of likely N-dealkylation sites (tertiary alicyclic amines) is 1. The molecule has 0 spiro atoms. The van der Waals surface area contributed by atoms with Crippen LogP contribution in [0.3, 0.4) is 0 Å². The molecule has 1 aromatic rings. The van der Waals surface area contributed by atoms with Gasteiger partial charge in [0.15, 0.2) is 0 Å². The molecule has 1 N–H and O–H groups in total. The third-order valence-electron chi connectivity index (χ3n) is 3.22. The van der Waals surface area contributed by atoms with E-state index in [9.17, 15) is 4.79 Å². The van der Waals surface area contributed by atoms with Crippen molar-refractivity contribution >= 4 is 29.2 Å². The molecule has 0 aromatic heterocycles. The minimum absolute atomic E-state index is 0.0800. The fourth-order valence-corrected chi connectivity index (χ4v) is 2.99. The lowest BCUT2D eigenvalue weighted by molar-refractivity contribution is -0.138. The monoisotopic (exact) mass is 287 g/mol. The van der Waals surface area contributed by atoms with Gasteiger partial charge in [-0.2, -0.15) is 0 Å². The predicted molar refractivity (Wildman–Crippen MR) is 72.3 cm³/mol. The van der Waals surface area contributed by atoms with Crippen LogP contribution in [0.4, 0.5) is 0 Å². The van der Waals surface area contributed by atoms with E-state index in [1.54, 1.807) is 18.2 Å². The Bertz CT molecular complexity index is 424. The molecule has 1 aliphatic heterocycles. The van der Waals surface area contributed by atoms with Gasteiger partial charge < -0.3 is 5.11 Å². The van der Waals surface area contributed by atoms with Crippen LogP contribution in [0, 0.1) is 0 Å². The molecule has 3 nitrogen and oxygen atoms in total. The number of carboxylic acids is 1. The highest BCUT2D eigenvalue weighted by atomic mass is 35.5. The Morgan fingerprint density at radius 3 is 2.28 bits per heavy atom. The summed E-state index contributed by atoms with van der Waals surface area (Å²) in [6.07, 6.45) is 2.31. The molecule has 0 saturated carbocycles. The maximum absolute atomic E-state index is 11.0. The third-order valence-corrected chi connectivity index (χ3v) is 3.66. The van der Waals surface area contributed by atoms with Gasteiger partial charge in [0.05, 0.1) is 6.42 Å². The molecular formula is C13H15Cl2NO2. The largest absolute Gasteiger partial charge is 0.481 e. The smallest absolute Gasteiger partial charge is 0.305 e. The van der Waals surface area contributed by atoms with E-state index in [-0.39, 0.29) is 12.5 Å². The molecule has 1 fully saturated rings. The number of rotatable bonds is 4. The lowest BCUT2D eigenvalue weighted by Crippen LogP contribution is -2.27. The third kappa shape index (κ3) is 3.37. The second-order valence-corrected chi connectivity index (χ2v) is 5.43. The maximum Gasteiger partial charge on any atom is 0.305 e. The first-order chi connectivity index (χ1) is 8.56. The molecule has 1 aromatic carbocycles. The van der Waals surface area contributed by atoms with E-state index in [0.717, 1.165) is 31.5 Å². The van der Waals surface area contributed by atoms with Crippen LogP contribution in [0.2, 0.25) is 10.0 Å². The van der Waals surface area contributed by atoms with Crippen LogP contribution < -0.4 is 0 Å². The number of nitrogens with zero attached hydrogens (tertiary/aromatic N) is 1. The van der Waals surface area contributed by atoms with E-state index < -0.39 is 5.97 Å². The second-order valence-electron chi connectivity index (χ2n) is 4.56. The maximum atomic E-state index is 11.0. The van der Waals surface area contributed by atoms with Crippen LogP contribution in [0.15, 0.2) is 18.2 Å². The molecule has 1 saturated heterocycles. The Hall–Kier alpha value is -0.770. The summed E-state index contributed by atoms with van der Waals surface area (Å²) in [5.41, 5.74) is 0.886. The van der Waals surface area contributed by atoms with Crippen molar-refractivity contribution in [3.05, 3.63) is 33.8 Å². The fourth-order valence-electron chi connectivity index (χ4n) is 2.44. The van der Waals surface area contributed by atoms with Gasteiger partial charge in [0.1, 0.15) is 0 Å². The van der Waals surface area contributed by atoms with Crippen molar-refractivity contribution in [3.8, 4) is 0 Å². The summed E-state index contributed by atoms with van der Waals surface area (Å²) in [6, 6.07) is 5.13. The summed E-state index contributed by atoms with van der Waals surface area (Å²) in [7, 11) is 0. The molecule has 98 valence electrons. The van der Waals surface area contributed by atoms with Gasteiger partial charge in [0, 0.05) is 16.1 Å². The summed E-state index contributed by atoms with van der Waals surface area (Å²) >= 11 is 12.0. The van der Waals surface area contributed by atoms with Crippen molar-refractivity contribution in [2.24, 2.45) is 0 Å². The first-order valence-electron chi connectivity index (χ1n) is 5.98. The highest BCUT2D eigenvalue weighted by molar-refractivity contribution is 6.34. The molecule has 1 heterocycles. The Morgan fingerprint density at radius 1 is 1.22 bits per heavy atom. The Kier molecular flexibility index (Phi) is 4.49. The highest BCUT2D eigenvalue weighted by Crippen LogP contribution is 2.31. The number of carboxylic acid groups (broad SMARTS) is 1. The van der Waals surface area contributed by atoms with Gasteiger partial charge >= 0.3 is 5.97 Å². The van der Waals surface area contributed by atoms with Crippen molar-refractivity contribution in [2.75, 3.05) is 13.1 Å². The van der Waals surface area contributed by atoms with E-state index in [1.165, 1.54) is 0 Å². The Labute approximate surface area is 116 Å². The van der Waals surface area contributed by atoms with Gasteiger partial charge in [-0.15, -0.1) is 0 Å². The second kappa shape index (κ2) is 5.91. The van der Waals surface area contributed by atoms with E-state index in [4.69, 9.17) is 28.3 Å². The Morgan fingerprint density at radius 2 is 1.78 bits per heavy atom.